The van der Waals surface area contributed by atoms with E-state index in [0.29, 0.717) is 0 Å². The van der Waals surface area contributed by atoms with Crippen LogP contribution in [0.4, 0.5) is 34.1 Å². The van der Waals surface area contributed by atoms with Gasteiger partial charge in [-0.3, -0.25) is 0 Å². The van der Waals surface area contributed by atoms with Gasteiger partial charge < -0.3 is 9.80 Å². The van der Waals surface area contributed by atoms with E-state index in [-0.39, 0.29) is 0 Å². The molecule has 2 nitrogen and oxygen atoms in total. The molecule has 9 aromatic carbocycles. The number of para-hydroxylation sites is 2. The molecule has 0 radical (unpaired) electrons. The highest BCUT2D eigenvalue weighted by atomic mass is 32.1. The Bertz CT molecular complexity index is 3060. The monoisotopic (exact) mass is 744 g/mol. The van der Waals surface area contributed by atoms with Crippen LogP contribution in [0.15, 0.2) is 218 Å². The Morgan fingerprint density at radius 2 is 0.825 bits per heavy atom. The lowest BCUT2D eigenvalue weighted by Crippen LogP contribution is -2.10. The highest BCUT2D eigenvalue weighted by Crippen LogP contribution is 2.51. The quantitative estimate of drug-likeness (QED) is 0.167. The average Bonchev–Trinajstić information content (AvgIpc) is 3.60. The predicted octanol–water partition coefficient (Wildman–Crippen LogP) is 16.0. The van der Waals surface area contributed by atoms with Crippen LogP contribution in [0.25, 0.3) is 64.7 Å². The zero-order valence-corrected chi connectivity index (χ0v) is 31.9. The first-order valence-corrected chi connectivity index (χ1v) is 20.2. The van der Waals surface area contributed by atoms with E-state index in [9.17, 15) is 0 Å². The third-order valence-corrected chi connectivity index (χ3v) is 12.3. The summed E-state index contributed by atoms with van der Waals surface area (Å²) in [5.41, 5.74) is 16.5. The molecule has 0 bridgehead atoms. The Kier molecular flexibility index (Phi) is 8.04. The lowest BCUT2D eigenvalue weighted by molar-refractivity contribution is 1.29. The first-order valence-electron chi connectivity index (χ1n) is 19.4. The Morgan fingerprint density at radius 3 is 1.56 bits per heavy atom. The first-order chi connectivity index (χ1) is 28.3. The molecule has 0 atom stereocenters. The largest absolute Gasteiger partial charge is 0.310 e. The number of thiophene rings is 1. The van der Waals surface area contributed by atoms with E-state index in [2.05, 4.69) is 228 Å². The molecular weight excluding hydrogens is 709 g/mol. The Morgan fingerprint density at radius 1 is 0.316 bits per heavy atom. The van der Waals surface area contributed by atoms with E-state index in [1.165, 1.54) is 76.1 Å². The second-order valence-electron chi connectivity index (χ2n) is 14.5. The number of fused-ring (bicyclic) bond motifs is 8. The van der Waals surface area contributed by atoms with Crippen LogP contribution in [0.5, 0.6) is 0 Å². The van der Waals surface area contributed by atoms with Crippen LogP contribution < -0.4 is 9.80 Å². The van der Waals surface area contributed by atoms with Crippen LogP contribution in [-0.2, 0) is 0 Å². The molecule has 2 heterocycles. The van der Waals surface area contributed by atoms with Crippen molar-refractivity contribution in [3.05, 3.63) is 218 Å². The Hall–Kier alpha value is -7.20. The molecule has 1 aliphatic heterocycles. The zero-order valence-electron chi connectivity index (χ0n) is 31.1. The van der Waals surface area contributed by atoms with Crippen molar-refractivity contribution in [2.45, 2.75) is 0 Å². The average molecular weight is 745 g/mol. The van der Waals surface area contributed by atoms with Crippen LogP contribution in [-0.4, -0.2) is 0 Å². The fourth-order valence-corrected chi connectivity index (χ4v) is 9.64. The Labute approximate surface area is 336 Å². The van der Waals surface area contributed by atoms with Gasteiger partial charge >= 0.3 is 0 Å². The summed E-state index contributed by atoms with van der Waals surface area (Å²) in [6.07, 6.45) is 0. The standard InChI is InChI=1S/C54H36N2S/c1-3-13-37(14-4-1)38-23-28-42(29-24-38)55(44-32-33-49-48-20-10-12-22-53(48)57-54(49)36-44)43-30-25-39(26-31-43)40-27-34-52-50(35-40)46-18-8-7-17-45(46)47-19-9-11-21-51(47)56(52)41-15-5-2-6-16-41/h1-36H. The maximum Gasteiger partial charge on any atom is 0.0540 e. The van der Waals surface area contributed by atoms with Gasteiger partial charge in [0, 0.05) is 54.0 Å². The lowest BCUT2D eigenvalue weighted by Gasteiger charge is -2.27. The van der Waals surface area contributed by atoms with Crippen molar-refractivity contribution < 1.29 is 0 Å². The molecule has 268 valence electrons. The highest BCUT2D eigenvalue weighted by Gasteiger charge is 2.26. The molecular formula is C54H36N2S. The minimum Gasteiger partial charge on any atom is -0.310 e. The fraction of sp³-hybridized carbons (Fsp3) is 0. The minimum atomic E-state index is 1.11. The summed E-state index contributed by atoms with van der Waals surface area (Å²) in [6.45, 7) is 0. The fourth-order valence-electron chi connectivity index (χ4n) is 8.50. The maximum absolute atomic E-state index is 2.41. The van der Waals surface area contributed by atoms with Gasteiger partial charge in [-0.15, -0.1) is 11.3 Å². The van der Waals surface area contributed by atoms with Crippen molar-refractivity contribution in [3.63, 3.8) is 0 Å². The van der Waals surface area contributed by atoms with Crippen molar-refractivity contribution in [2.75, 3.05) is 9.80 Å². The molecule has 57 heavy (non-hydrogen) atoms. The van der Waals surface area contributed by atoms with Crippen LogP contribution in [0.3, 0.4) is 0 Å². The van der Waals surface area contributed by atoms with Crippen LogP contribution >= 0.6 is 11.3 Å². The summed E-state index contributed by atoms with van der Waals surface area (Å²) in [5, 5.41) is 2.61. The molecule has 0 spiro atoms. The number of anilines is 6. The normalized spacial score (nSPS) is 11.8. The van der Waals surface area contributed by atoms with Gasteiger partial charge in [-0.05, 0) is 106 Å². The molecule has 11 rings (SSSR count). The van der Waals surface area contributed by atoms with Crippen molar-refractivity contribution >= 4 is 65.6 Å². The summed E-state index contributed by atoms with van der Waals surface area (Å²) in [5.74, 6) is 0. The van der Waals surface area contributed by atoms with E-state index in [0.717, 1.165) is 22.7 Å². The van der Waals surface area contributed by atoms with Crippen LogP contribution in [0, 0.1) is 0 Å². The summed E-state index contributed by atoms with van der Waals surface area (Å²) in [6, 6.07) is 79.5. The van der Waals surface area contributed by atoms with E-state index in [1.54, 1.807) is 0 Å². The summed E-state index contributed by atoms with van der Waals surface area (Å²) in [4.78, 5) is 4.79. The second-order valence-corrected chi connectivity index (χ2v) is 15.6. The highest BCUT2D eigenvalue weighted by molar-refractivity contribution is 7.25. The summed E-state index contributed by atoms with van der Waals surface area (Å²) in [7, 11) is 0. The maximum atomic E-state index is 2.41. The number of rotatable bonds is 6. The molecule has 3 heteroatoms. The van der Waals surface area contributed by atoms with Gasteiger partial charge in [0.15, 0.2) is 0 Å². The molecule has 0 aliphatic carbocycles. The molecule has 0 saturated carbocycles. The number of hydrogen-bond donors (Lipinski definition) is 0. The van der Waals surface area contributed by atoms with Gasteiger partial charge in [0.05, 0.1) is 11.4 Å². The third kappa shape index (κ3) is 5.80. The summed E-state index contributed by atoms with van der Waals surface area (Å²) >= 11 is 1.86. The van der Waals surface area contributed by atoms with Crippen LogP contribution in [0.1, 0.15) is 0 Å². The molecule has 0 fully saturated rings. The second kappa shape index (κ2) is 13.8. The van der Waals surface area contributed by atoms with Gasteiger partial charge in [-0.25, -0.2) is 0 Å². The molecule has 0 saturated heterocycles. The molecule has 1 aliphatic rings. The van der Waals surface area contributed by atoms with E-state index in [1.807, 2.05) is 11.3 Å². The molecule has 1 aromatic heterocycles. The Balaban J connectivity index is 1.02. The van der Waals surface area contributed by atoms with Gasteiger partial charge in [0.25, 0.3) is 0 Å². The summed E-state index contributed by atoms with van der Waals surface area (Å²) < 4.78 is 2.60. The molecule has 0 N–H and O–H groups in total. The third-order valence-electron chi connectivity index (χ3n) is 11.2. The molecule has 0 amide bonds. The minimum absolute atomic E-state index is 1.11. The van der Waals surface area contributed by atoms with E-state index < -0.39 is 0 Å². The topological polar surface area (TPSA) is 6.48 Å². The van der Waals surface area contributed by atoms with Gasteiger partial charge in [-0.1, -0.05) is 146 Å². The predicted molar refractivity (Wildman–Crippen MR) is 244 cm³/mol. The molecule has 0 unspecified atom stereocenters. The van der Waals surface area contributed by atoms with Gasteiger partial charge in [0.2, 0.25) is 0 Å². The van der Waals surface area contributed by atoms with E-state index in [4.69, 9.17) is 0 Å². The number of nitrogens with zero attached hydrogens (tertiary/aromatic N) is 2. The van der Waals surface area contributed by atoms with Crippen molar-refractivity contribution in [2.24, 2.45) is 0 Å². The zero-order chi connectivity index (χ0) is 37.7. The van der Waals surface area contributed by atoms with Gasteiger partial charge in [-0.2, -0.15) is 0 Å². The van der Waals surface area contributed by atoms with Crippen molar-refractivity contribution in [1.29, 1.82) is 0 Å². The van der Waals surface area contributed by atoms with Gasteiger partial charge in [0.1, 0.15) is 0 Å². The van der Waals surface area contributed by atoms with Crippen molar-refractivity contribution in [1.82, 2.24) is 0 Å². The SMILES string of the molecule is c1ccc(-c2ccc(N(c3ccc(-c4ccc5c(c4)-c4ccccc4-c4ccccc4N5c4ccccc4)cc3)c3ccc4c(c3)sc3ccccc34)cc2)cc1. The lowest BCUT2D eigenvalue weighted by atomic mass is 9.92. The van der Waals surface area contributed by atoms with Crippen LogP contribution in [0.2, 0.25) is 0 Å². The van der Waals surface area contributed by atoms with Crippen molar-refractivity contribution in [3.8, 4) is 44.5 Å². The number of benzene rings is 9. The van der Waals surface area contributed by atoms with E-state index >= 15 is 0 Å². The molecule has 10 aromatic rings. The number of hydrogen-bond acceptors (Lipinski definition) is 3. The first kappa shape index (κ1) is 33.2. The smallest absolute Gasteiger partial charge is 0.0540 e.